The molecule has 0 atom stereocenters. The number of rotatable bonds is 5. The molecule has 0 spiro atoms. The normalized spacial score (nSPS) is 14.3. The average Bonchev–Trinajstić information content (AvgIpc) is 2.73. The van der Waals surface area contributed by atoms with Crippen LogP contribution in [0.15, 0.2) is 52.5 Å². The number of alkyl halides is 3. The van der Waals surface area contributed by atoms with Gasteiger partial charge in [0.15, 0.2) is 5.16 Å². The van der Waals surface area contributed by atoms with Crippen LogP contribution in [0.1, 0.15) is 16.8 Å². The number of thioether (sulfide) groups is 1. The van der Waals surface area contributed by atoms with Crippen LogP contribution in [-0.2, 0) is 19.5 Å². The molecule has 1 aliphatic rings. The minimum Gasteiger partial charge on any atom is -0.406 e. The zero-order valence-corrected chi connectivity index (χ0v) is 17.4. The molecule has 4 rings (SSSR count). The fourth-order valence-corrected chi connectivity index (χ4v) is 3.89. The third-order valence-corrected chi connectivity index (χ3v) is 5.49. The summed E-state index contributed by atoms with van der Waals surface area (Å²) in [5, 5.41) is 0.627. The summed E-state index contributed by atoms with van der Waals surface area (Å²) in [6.45, 7) is 1.88. The van der Waals surface area contributed by atoms with Crippen molar-refractivity contribution < 1.29 is 17.9 Å². The van der Waals surface area contributed by atoms with E-state index in [4.69, 9.17) is 0 Å². The van der Waals surface area contributed by atoms with E-state index in [0.29, 0.717) is 41.5 Å². The lowest BCUT2D eigenvalue weighted by Crippen LogP contribution is -2.35. The van der Waals surface area contributed by atoms with Gasteiger partial charge in [0.1, 0.15) is 5.75 Å². The van der Waals surface area contributed by atoms with E-state index < -0.39 is 6.36 Å². The first kappa shape index (κ1) is 21.4. The highest BCUT2D eigenvalue weighted by Gasteiger charge is 2.31. The van der Waals surface area contributed by atoms with Crippen molar-refractivity contribution in [2.75, 3.05) is 12.8 Å². The molecule has 0 radical (unpaired) electrons. The zero-order chi connectivity index (χ0) is 22.0. The maximum atomic E-state index is 12.4. The van der Waals surface area contributed by atoms with E-state index in [0.717, 1.165) is 17.8 Å². The van der Waals surface area contributed by atoms with Gasteiger partial charge in [-0.3, -0.25) is 14.7 Å². The lowest BCUT2D eigenvalue weighted by Gasteiger charge is -2.27. The second kappa shape index (κ2) is 8.72. The smallest absolute Gasteiger partial charge is 0.406 e. The van der Waals surface area contributed by atoms with E-state index in [1.54, 1.807) is 18.3 Å². The molecule has 0 saturated carbocycles. The molecule has 6 nitrogen and oxygen atoms in total. The number of pyridine rings is 1. The lowest BCUT2D eigenvalue weighted by molar-refractivity contribution is -0.274. The third kappa shape index (κ3) is 5.26. The summed E-state index contributed by atoms with van der Waals surface area (Å²) < 4.78 is 41.3. The molecule has 0 amide bonds. The molecule has 2 aromatic heterocycles. The number of hydrogen-bond donors (Lipinski definition) is 1. The fraction of sp³-hybridized carbons (Fsp3) is 0.286. The van der Waals surface area contributed by atoms with Crippen molar-refractivity contribution in [3.63, 3.8) is 0 Å². The van der Waals surface area contributed by atoms with Crippen molar-refractivity contribution in [2.24, 2.45) is 0 Å². The topological polar surface area (TPSA) is 71.1 Å². The van der Waals surface area contributed by atoms with E-state index in [-0.39, 0.29) is 11.3 Å². The van der Waals surface area contributed by atoms with Crippen molar-refractivity contribution >= 4 is 11.8 Å². The van der Waals surface area contributed by atoms with Gasteiger partial charge in [0.05, 0.1) is 17.0 Å². The number of nitrogens with zero attached hydrogens (tertiary/aromatic N) is 3. The Kier molecular flexibility index (Phi) is 6.01. The van der Waals surface area contributed by atoms with Gasteiger partial charge in [-0.15, -0.1) is 13.2 Å². The predicted octanol–water partition coefficient (Wildman–Crippen LogP) is 4.01. The van der Waals surface area contributed by atoms with E-state index >= 15 is 0 Å². The molecule has 0 fully saturated rings. The highest BCUT2D eigenvalue weighted by Crippen LogP contribution is 2.27. The van der Waals surface area contributed by atoms with Gasteiger partial charge >= 0.3 is 6.36 Å². The quantitative estimate of drug-likeness (QED) is 0.470. The Morgan fingerprint density at radius 2 is 2.10 bits per heavy atom. The minimum atomic E-state index is -4.74. The van der Waals surface area contributed by atoms with Gasteiger partial charge in [-0.05, 0) is 30.0 Å². The summed E-state index contributed by atoms with van der Waals surface area (Å²) in [6.07, 6.45) is -0.473. The number of hydrogen-bond acceptors (Lipinski definition) is 6. The van der Waals surface area contributed by atoms with Crippen LogP contribution in [0.25, 0.3) is 11.3 Å². The number of aromatic amines is 1. The second-order valence-electron chi connectivity index (χ2n) is 7.09. The maximum absolute atomic E-state index is 12.4. The van der Waals surface area contributed by atoms with Crippen LogP contribution in [-0.4, -0.2) is 39.0 Å². The lowest BCUT2D eigenvalue weighted by atomic mass is 10.1. The molecule has 10 heteroatoms. The van der Waals surface area contributed by atoms with E-state index in [2.05, 4.69) is 24.6 Å². The van der Waals surface area contributed by atoms with Crippen LogP contribution >= 0.6 is 11.8 Å². The van der Waals surface area contributed by atoms with Crippen molar-refractivity contribution in [1.29, 1.82) is 0 Å². The Hall–Kier alpha value is -2.85. The molecular weight excluding hydrogens is 429 g/mol. The SMILES string of the molecule is CSc1nc2c(c(=O)[nH]1)CN(Cc1ccc(-c3cccc(OC(F)(F)F)c3)nc1)CC2. The maximum Gasteiger partial charge on any atom is 0.573 e. The first-order valence-electron chi connectivity index (χ1n) is 9.50. The largest absolute Gasteiger partial charge is 0.573 e. The first-order valence-corrected chi connectivity index (χ1v) is 10.7. The molecule has 3 heterocycles. The van der Waals surface area contributed by atoms with Crippen molar-refractivity contribution in [3.8, 4) is 17.0 Å². The first-order chi connectivity index (χ1) is 14.8. The number of fused-ring (bicyclic) bond motifs is 1. The number of nitrogens with one attached hydrogen (secondary N) is 1. The van der Waals surface area contributed by atoms with Gasteiger partial charge in [-0.25, -0.2) is 4.98 Å². The summed E-state index contributed by atoms with van der Waals surface area (Å²) in [5.74, 6) is -0.286. The van der Waals surface area contributed by atoms with Crippen LogP contribution in [0.3, 0.4) is 0 Å². The number of H-pyrrole nitrogens is 1. The average molecular weight is 448 g/mol. The number of benzene rings is 1. The van der Waals surface area contributed by atoms with Crippen molar-refractivity contribution in [2.45, 2.75) is 31.0 Å². The Balaban J connectivity index is 1.45. The molecule has 0 unspecified atom stereocenters. The summed E-state index contributed by atoms with van der Waals surface area (Å²) >= 11 is 1.41. The molecule has 31 heavy (non-hydrogen) atoms. The molecular formula is C21H19F3N4O2S. The Morgan fingerprint density at radius 1 is 1.26 bits per heavy atom. The summed E-state index contributed by atoms with van der Waals surface area (Å²) in [4.78, 5) is 26.2. The van der Waals surface area contributed by atoms with E-state index in [1.165, 1.54) is 30.0 Å². The Labute approximate surface area is 180 Å². The minimum absolute atomic E-state index is 0.103. The second-order valence-corrected chi connectivity index (χ2v) is 7.88. The van der Waals surface area contributed by atoms with Crippen LogP contribution in [0.2, 0.25) is 0 Å². The number of ether oxygens (including phenoxy) is 1. The summed E-state index contributed by atoms with van der Waals surface area (Å²) in [7, 11) is 0. The van der Waals surface area contributed by atoms with Crippen LogP contribution < -0.4 is 10.3 Å². The molecule has 1 N–H and O–H groups in total. The number of halogens is 3. The van der Waals surface area contributed by atoms with Gasteiger partial charge in [0, 0.05) is 37.8 Å². The summed E-state index contributed by atoms with van der Waals surface area (Å²) in [5.41, 5.74) is 3.45. The van der Waals surface area contributed by atoms with E-state index in [9.17, 15) is 18.0 Å². The van der Waals surface area contributed by atoms with Crippen molar-refractivity contribution in [1.82, 2.24) is 19.9 Å². The van der Waals surface area contributed by atoms with Gasteiger partial charge in [0.2, 0.25) is 0 Å². The molecule has 0 saturated heterocycles. The highest BCUT2D eigenvalue weighted by molar-refractivity contribution is 7.98. The molecule has 1 aromatic carbocycles. The van der Waals surface area contributed by atoms with Crippen LogP contribution in [0.5, 0.6) is 5.75 Å². The van der Waals surface area contributed by atoms with Gasteiger partial charge in [-0.2, -0.15) is 0 Å². The summed E-state index contributed by atoms with van der Waals surface area (Å²) in [6, 6.07) is 9.37. The van der Waals surface area contributed by atoms with E-state index in [1.807, 2.05) is 12.3 Å². The molecule has 0 bridgehead atoms. The standard InChI is InChI=1S/C21H19F3N4O2S/c1-31-20-26-18-7-8-28(12-16(18)19(29)27-20)11-13-5-6-17(25-10-13)14-3-2-4-15(9-14)30-21(22,23)24/h2-6,9-10H,7-8,11-12H2,1H3,(H,26,27,29). The third-order valence-electron chi connectivity index (χ3n) is 4.91. The van der Waals surface area contributed by atoms with Gasteiger partial charge in [-0.1, -0.05) is 30.0 Å². The molecule has 1 aliphatic heterocycles. The van der Waals surface area contributed by atoms with Gasteiger partial charge < -0.3 is 9.72 Å². The monoisotopic (exact) mass is 448 g/mol. The van der Waals surface area contributed by atoms with Crippen LogP contribution in [0, 0.1) is 0 Å². The number of aromatic nitrogens is 3. The molecule has 162 valence electrons. The van der Waals surface area contributed by atoms with Crippen LogP contribution in [0.4, 0.5) is 13.2 Å². The molecule has 0 aliphatic carbocycles. The van der Waals surface area contributed by atoms with Gasteiger partial charge in [0.25, 0.3) is 5.56 Å². The van der Waals surface area contributed by atoms with Crippen molar-refractivity contribution in [3.05, 3.63) is 69.8 Å². The highest BCUT2D eigenvalue weighted by atomic mass is 32.2. The Morgan fingerprint density at radius 3 is 2.81 bits per heavy atom. The molecule has 3 aromatic rings. The Bertz CT molecular complexity index is 1130. The zero-order valence-electron chi connectivity index (χ0n) is 16.6. The predicted molar refractivity (Wildman–Crippen MR) is 111 cm³/mol. The fourth-order valence-electron chi connectivity index (χ4n) is 3.49.